The lowest BCUT2D eigenvalue weighted by Crippen LogP contribution is -2.08. The molecule has 6 nitrogen and oxygen atoms in total. The van der Waals surface area contributed by atoms with Gasteiger partial charge in [0.2, 0.25) is 0 Å². The summed E-state index contributed by atoms with van der Waals surface area (Å²) >= 11 is 0. The van der Waals surface area contributed by atoms with E-state index >= 15 is 0 Å². The van der Waals surface area contributed by atoms with Crippen LogP contribution in [0.2, 0.25) is 0 Å². The molecule has 0 aliphatic carbocycles. The average molecular weight is 221 g/mol. The Labute approximate surface area is 91.5 Å². The maximum absolute atomic E-state index is 11.0. The molecule has 0 amide bonds. The smallest absolute Gasteiger partial charge is 0.308 e. The van der Waals surface area contributed by atoms with Gasteiger partial charge >= 0.3 is 5.97 Å². The van der Waals surface area contributed by atoms with E-state index in [1.165, 1.54) is 11.6 Å². The molecule has 0 saturated carbocycles. The van der Waals surface area contributed by atoms with Gasteiger partial charge in [0.05, 0.1) is 19.2 Å². The van der Waals surface area contributed by atoms with Crippen molar-refractivity contribution in [2.75, 3.05) is 7.11 Å². The normalized spacial score (nSPS) is 12.6. The van der Waals surface area contributed by atoms with Gasteiger partial charge in [-0.2, -0.15) is 5.10 Å². The van der Waals surface area contributed by atoms with Gasteiger partial charge in [-0.1, -0.05) is 0 Å². The fraction of sp³-hybridized carbons (Fsp3) is 0.300. The maximum Gasteiger partial charge on any atom is 0.308 e. The highest BCUT2D eigenvalue weighted by molar-refractivity contribution is 5.70. The van der Waals surface area contributed by atoms with Crippen molar-refractivity contribution in [2.24, 2.45) is 0 Å². The molecule has 2 aromatic heterocycles. The molecule has 0 aliphatic rings. The van der Waals surface area contributed by atoms with Crippen LogP contribution in [0.5, 0.6) is 0 Å². The lowest BCUT2D eigenvalue weighted by molar-refractivity contribution is -0.142. The van der Waals surface area contributed by atoms with Crippen molar-refractivity contribution < 1.29 is 14.6 Å². The van der Waals surface area contributed by atoms with Crippen molar-refractivity contribution in [3.8, 4) is 0 Å². The highest BCUT2D eigenvalue weighted by Crippen LogP contribution is 2.16. The summed E-state index contributed by atoms with van der Waals surface area (Å²) in [4.78, 5) is 15.0. The van der Waals surface area contributed by atoms with Gasteiger partial charge in [-0.25, -0.2) is 9.50 Å². The summed E-state index contributed by atoms with van der Waals surface area (Å²) in [6.07, 6.45) is 2.28. The number of carbonyl (C=O) groups is 1. The van der Waals surface area contributed by atoms with E-state index in [0.717, 1.165) is 0 Å². The van der Waals surface area contributed by atoms with Crippen molar-refractivity contribution in [3.63, 3.8) is 0 Å². The number of aliphatic hydroxyl groups excluding tert-OH is 1. The van der Waals surface area contributed by atoms with Gasteiger partial charge in [0, 0.05) is 18.5 Å². The largest absolute Gasteiger partial charge is 0.469 e. The zero-order valence-electron chi connectivity index (χ0n) is 8.70. The highest BCUT2D eigenvalue weighted by atomic mass is 16.5. The Morgan fingerprint density at radius 2 is 2.50 bits per heavy atom. The quantitative estimate of drug-likeness (QED) is 0.755. The van der Waals surface area contributed by atoms with Crippen molar-refractivity contribution >= 4 is 11.6 Å². The second-order valence-corrected chi connectivity index (χ2v) is 3.29. The minimum absolute atomic E-state index is 0.111. The van der Waals surface area contributed by atoms with E-state index in [2.05, 4.69) is 14.8 Å². The second kappa shape index (κ2) is 4.28. The molecule has 6 heteroatoms. The Morgan fingerprint density at radius 3 is 3.19 bits per heavy atom. The molecule has 0 saturated heterocycles. The van der Waals surface area contributed by atoms with Gasteiger partial charge in [0.25, 0.3) is 0 Å². The molecule has 2 aromatic rings. The fourth-order valence-electron chi connectivity index (χ4n) is 1.36. The maximum atomic E-state index is 11.0. The van der Waals surface area contributed by atoms with Gasteiger partial charge in [-0.05, 0) is 6.07 Å². The van der Waals surface area contributed by atoms with E-state index < -0.39 is 12.1 Å². The van der Waals surface area contributed by atoms with Crippen LogP contribution in [0.3, 0.4) is 0 Å². The molecule has 2 rings (SSSR count). The van der Waals surface area contributed by atoms with Crippen molar-refractivity contribution in [2.45, 2.75) is 12.5 Å². The number of hydrogen-bond donors (Lipinski definition) is 1. The highest BCUT2D eigenvalue weighted by Gasteiger charge is 2.16. The Balaban J connectivity index is 2.23. The van der Waals surface area contributed by atoms with Crippen LogP contribution >= 0.6 is 0 Å². The summed E-state index contributed by atoms with van der Waals surface area (Å²) in [6.45, 7) is 0. The topological polar surface area (TPSA) is 76.7 Å². The molecule has 16 heavy (non-hydrogen) atoms. The van der Waals surface area contributed by atoms with Crippen LogP contribution in [0.4, 0.5) is 0 Å². The number of esters is 1. The first-order valence-electron chi connectivity index (χ1n) is 4.76. The number of ether oxygens (including phenoxy) is 1. The molecule has 0 bridgehead atoms. The molecule has 0 radical (unpaired) electrons. The van der Waals surface area contributed by atoms with Gasteiger partial charge in [0.1, 0.15) is 6.10 Å². The van der Waals surface area contributed by atoms with Crippen LogP contribution in [-0.2, 0) is 9.53 Å². The average Bonchev–Trinajstić information content (AvgIpc) is 2.72. The lowest BCUT2D eigenvalue weighted by Gasteiger charge is -2.04. The molecule has 0 aliphatic heterocycles. The third kappa shape index (κ3) is 2.01. The van der Waals surface area contributed by atoms with Crippen molar-refractivity contribution in [1.29, 1.82) is 0 Å². The number of hydrogen-bond acceptors (Lipinski definition) is 5. The molecule has 0 unspecified atom stereocenters. The monoisotopic (exact) mass is 221 g/mol. The molecule has 2 heterocycles. The van der Waals surface area contributed by atoms with Crippen molar-refractivity contribution in [1.82, 2.24) is 14.6 Å². The Bertz CT molecular complexity index is 476. The van der Waals surface area contributed by atoms with Gasteiger partial charge in [0.15, 0.2) is 5.65 Å². The fourth-order valence-corrected chi connectivity index (χ4v) is 1.36. The molecule has 1 atom stereocenters. The number of methoxy groups -OCH3 is 1. The van der Waals surface area contributed by atoms with Crippen LogP contribution < -0.4 is 0 Å². The molecule has 0 fully saturated rings. The molecule has 0 aromatic carbocycles. The second-order valence-electron chi connectivity index (χ2n) is 3.29. The number of aliphatic hydroxyl groups is 1. The van der Waals surface area contributed by atoms with E-state index in [-0.39, 0.29) is 6.42 Å². The predicted molar refractivity (Wildman–Crippen MR) is 54.6 cm³/mol. The third-order valence-corrected chi connectivity index (χ3v) is 2.18. The predicted octanol–water partition coefficient (Wildman–Crippen LogP) is 0.326. The van der Waals surface area contributed by atoms with Crippen LogP contribution in [0.15, 0.2) is 24.5 Å². The molecule has 84 valence electrons. The standard InChI is InChI=1S/C10H11N3O3/c1-16-10(15)6-8(14)7-5-9-11-3-2-4-13(9)12-7/h2-5,8,14H,6H2,1H3/t8-/m0/s1. The Hall–Kier alpha value is -1.95. The number of rotatable bonds is 3. The van der Waals surface area contributed by atoms with Crippen LogP contribution in [0, 0.1) is 0 Å². The number of carbonyl (C=O) groups excluding carboxylic acids is 1. The number of aromatic nitrogens is 3. The van der Waals surface area contributed by atoms with Crippen LogP contribution in [0.1, 0.15) is 18.2 Å². The van der Waals surface area contributed by atoms with Gasteiger partial charge < -0.3 is 9.84 Å². The number of nitrogens with zero attached hydrogens (tertiary/aromatic N) is 3. The first-order chi connectivity index (χ1) is 7.70. The van der Waals surface area contributed by atoms with Gasteiger partial charge in [-0.15, -0.1) is 0 Å². The van der Waals surface area contributed by atoms with E-state index in [1.807, 2.05) is 0 Å². The Morgan fingerprint density at radius 1 is 1.69 bits per heavy atom. The van der Waals surface area contributed by atoms with Crippen molar-refractivity contribution in [3.05, 3.63) is 30.2 Å². The SMILES string of the molecule is COC(=O)C[C@H](O)c1cc2ncccn2n1. The van der Waals surface area contributed by atoms with E-state index in [4.69, 9.17) is 0 Å². The van der Waals surface area contributed by atoms with E-state index in [9.17, 15) is 9.90 Å². The summed E-state index contributed by atoms with van der Waals surface area (Å²) in [7, 11) is 1.28. The van der Waals surface area contributed by atoms with Gasteiger partial charge in [-0.3, -0.25) is 4.79 Å². The first kappa shape index (κ1) is 10.6. The number of fused-ring (bicyclic) bond motifs is 1. The molecular formula is C10H11N3O3. The van der Waals surface area contributed by atoms with E-state index in [1.54, 1.807) is 24.5 Å². The van der Waals surface area contributed by atoms with E-state index in [0.29, 0.717) is 11.3 Å². The summed E-state index contributed by atoms with van der Waals surface area (Å²) in [5.74, 6) is -0.475. The minimum atomic E-state index is -0.964. The van der Waals surface area contributed by atoms with Crippen LogP contribution in [0.25, 0.3) is 5.65 Å². The lowest BCUT2D eigenvalue weighted by atomic mass is 10.2. The first-order valence-corrected chi connectivity index (χ1v) is 4.76. The summed E-state index contributed by atoms with van der Waals surface area (Å²) < 4.78 is 6.00. The third-order valence-electron chi connectivity index (χ3n) is 2.18. The minimum Gasteiger partial charge on any atom is -0.469 e. The zero-order valence-corrected chi connectivity index (χ0v) is 8.70. The summed E-state index contributed by atoms with van der Waals surface area (Å²) in [5, 5.41) is 13.8. The zero-order chi connectivity index (χ0) is 11.5. The summed E-state index contributed by atoms with van der Waals surface area (Å²) in [6, 6.07) is 3.37. The molecule has 0 spiro atoms. The molecule has 1 N–H and O–H groups in total. The summed E-state index contributed by atoms with van der Waals surface area (Å²) in [5.41, 5.74) is 1.03. The molecular weight excluding hydrogens is 210 g/mol. The Kier molecular flexibility index (Phi) is 2.82. The van der Waals surface area contributed by atoms with Crippen LogP contribution in [-0.4, -0.2) is 32.8 Å².